The Morgan fingerprint density at radius 2 is 1.88 bits per heavy atom. The molecule has 0 aliphatic carbocycles. The van der Waals surface area contributed by atoms with Crippen molar-refractivity contribution >= 4 is 27.7 Å². The van der Waals surface area contributed by atoms with Crippen LogP contribution < -0.4 is 5.32 Å². The van der Waals surface area contributed by atoms with E-state index in [0.29, 0.717) is 13.1 Å². The number of halogens is 1. The Bertz CT molecular complexity index is 775. The van der Waals surface area contributed by atoms with Gasteiger partial charge in [-0.2, -0.15) is 0 Å². The third-order valence-electron chi connectivity index (χ3n) is 4.35. The molecule has 5 heteroatoms. The molecular formula is C19H19BrN2O2. The fourth-order valence-electron chi connectivity index (χ4n) is 3.11. The molecule has 0 radical (unpaired) electrons. The van der Waals surface area contributed by atoms with Crippen LogP contribution in [-0.4, -0.2) is 23.3 Å². The topological polar surface area (TPSA) is 49.4 Å². The fourth-order valence-corrected chi connectivity index (χ4v) is 3.53. The average molecular weight is 387 g/mol. The molecule has 1 N–H and O–H groups in total. The molecule has 0 saturated heterocycles. The van der Waals surface area contributed by atoms with Gasteiger partial charge in [-0.05, 0) is 29.2 Å². The lowest BCUT2D eigenvalue weighted by atomic mass is 9.92. The van der Waals surface area contributed by atoms with E-state index < -0.39 is 6.04 Å². The van der Waals surface area contributed by atoms with Gasteiger partial charge in [-0.15, -0.1) is 0 Å². The van der Waals surface area contributed by atoms with Gasteiger partial charge in [0.15, 0.2) is 0 Å². The fraction of sp³-hybridized carbons (Fsp3) is 0.263. The van der Waals surface area contributed by atoms with Crippen LogP contribution >= 0.6 is 15.9 Å². The van der Waals surface area contributed by atoms with Crippen LogP contribution in [0.2, 0.25) is 0 Å². The van der Waals surface area contributed by atoms with Crippen LogP contribution in [0.25, 0.3) is 0 Å². The Kier molecular flexibility index (Phi) is 5.00. The Labute approximate surface area is 150 Å². The minimum Gasteiger partial charge on any atom is -0.350 e. The number of carbonyl (C=O) groups excluding carboxylic acids is 2. The molecule has 1 unspecified atom stereocenters. The van der Waals surface area contributed by atoms with E-state index in [-0.39, 0.29) is 11.8 Å². The number of nitrogens with zero attached hydrogens (tertiary/aromatic N) is 1. The van der Waals surface area contributed by atoms with Gasteiger partial charge in [-0.1, -0.05) is 58.4 Å². The van der Waals surface area contributed by atoms with Gasteiger partial charge >= 0.3 is 0 Å². The van der Waals surface area contributed by atoms with Gasteiger partial charge in [0.25, 0.3) is 0 Å². The first kappa shape index (κ1) is 16.7. The molecule has 2 aromatic carbocycles. The summed E-state index contributed by atoms with van der Waals surface area (Å²) >= 11 is 3.49. The van der Waals surface area contributed by atoms with Crippen molar-refractivity contribution in [1.82, 2.24) is 10.2 Å². The quantitative estimate of drug-likeness (QED) is 0.880. The third-order valence-corrected chi connectivity index (χ3v) is 5.12. The van der Waals surface area contributed by atoms with E-state index in [1.165, 1.54) is 6.92 Å². The minimum absolute atomic E-state index is 0.0782. The number of hydrogen-bond acceptors (Lipinski definition) is 2. The smallest absolute Gasteiger partial charge is 0.247 e. The molecule has 1 heterocycles. The second-order valence-electron chi connectivity index (χ2n) is 5.87. The van der Waals surface area contributed by atoms with Crippen molar-refractivity contribution in [3.63, 3.8) is 0 Å². The van der Waals surface area contributed by atoms with Gasteiger partial charge in [0.2, 0.25) is 11.8 Å². The van der Waals surface area contributed by atoms with Crippen molar-refractivity contribution < 1.29 is 9.59 Å². The number of benzene rings is 2. The molecular weight excluding hydrogens is 368 g/mol. The molecule has 1 aliphatic rings. The molecule has 124 valence electrons. The lowest BCUT2D eigenvalue weighted by Gasteiger charge is -2.35. The van der Waals surface area contributed by atoms with Crippen LogP contribution in [0.5, 0.6) is 0 Å². The molecule has 24 heavy (non-hydrogen) atoms. The second-order valence-corrected chi connectivity index (χ2v) is 6.73. The van der Waals surface area contributed by atoms with E-state index in [0.717, 1.165) is 27.6 Å². The standard InChI is InChI=1S/C19H19BrN2O2/c1-13(23)22-11-10-14-6-2-4-8-16(14)18(22)19(24)21-12-15-7-3-5-9-17(15)20/h2-9,18H,10-12H2,1H3,(H,21,24). The van der Waals surface area contributed by atoms with Crippen LogP contribution in [-0.2, 0) is 22.6 Å². The third kappa shape index (κ3) is 3.36. The number of amides is 2. The first-order chi connectivity index (χ1) is 11.6. The zero-order valence-corrected chi connectivity index (χ0v) is 15.0. The maximum absolute atomic E-state index is 12.8. The van der Waals surface area contributed by atoms with Crippen LogP contribution in [0.3, 0.4) is 0 Å². The van der Waals surface area contributed by atoms with Crippen molar-refractivity contribution in [1.29, 1.82) is 0 Å². The molecule has 2 aromatic rings. The summed E-state index contributed by atoms with van der Waals surface area (Å²) in [5, 5.41) is 2.97. The molecule has 0 bridgehead atoms. The minimum atomic E-state index is -0.560. The predicted molar refractivity (Wildman–Crippen MR) is 96.3 cm³/mol. The lowest BCUT2D eigenvalue weighted by Crippen LogP contribution is -2.46. The van der Waals surface area contributed by atoms with Crippen LogP contribution in [0.4, 0.5) is 0 Å². The monoisotopic (exact) mass is 386 g/mol. The Morgan fingerprint density at radius 3 is 2.62 bits per heavy atom. The van der Waals surface area contributed by atoms with Crippen LogP contribution in [0.1, 0.15) is 29.7 Å². The largest absolute Gasteiger partial charge is 0.350 e. The van der Waals surface area contributed by atoms with E-state index in [1.807, 2.05) is 48.5 Å². The van der Waals surface area contributed by atoms with Gasteiger partial charge in [-0.3, -0.25) is 9.59 Å². The van der Waals surface area contributed by atoms with Gasteiger partial charge in [0, 0.05) is 24.5 Å². The highest BCUT2D eigenvalue weighted by Crippen LogP contribution is 2.30. The highest BCUT2D eigenvalue weighted by atomic mass is 79.9. The van der Waals surface area contributed by atoms with Crippen LogP contribution in [0, 0.1) is 0 Å². The molecule has 2 amide bonds. The summed E-state index contributed by atoms with van der Waals surface area (Å²) in [6.45, 7) is 2.51. The number of fused-ring (bicyclic) bond motifs is 1. The summed E-state index contributed by atoms with van der Waals surface area (Å²) in [7, 11) is 0. The van der Waals surface area contributed by atoms with Gasteiger partial charge < -0.3 is 10.2 Å². The predicted octanol–water partition coefficient (Wildman–Crippen LogP) is 3.21. The summed E-state index contributed by atoms with van der Waals surface area (Å²) in [4.78, 5) is 26.5. The molecule has 0 fully saturated rings. The van der Waals surface area contributed by atoms with Gasteiger partial charge in [-0.25, -0.2) is 0 Å². The number of hydrogen-bond donors (Lipinski definition) is 1. The summed E-state index contributed by atoms with van der Waals surface area (Å²) in [5.74, 6) is -0.223. The maximum Gasteiger partial charge on any atom is 0.247 e. The molecule has 3 rings (SSSR count). The van der Waals surface area contributed by atoms with E-state index in [9.17, 15) is 9.59 Å². The summed E-state index contributed by atoms with van der Waals surface area (Å²) < 4.78 is 0.956. The molecule has 0 spiro atoms. The Balaban J connectivity index is 1.83. The van der Waals surface area contributed by atoms with Crippen molar-refractivity contribution in [3.8, 4) is 0 Å². The first-order valence-electron chi connectivity index (χ1n) is 7.94. The number of nitrogens with one attached hydrogen (secondary N) is 1. The molecule has 0 saturated carbocycles. The van der Waals surface area contributed by atoms with E-state index in [1.54, 1.807) is 4.90 Å². The SMILES string of the molecule is CC(=O)N1CCc2ccccc2C1C(=O)NCc1ccccc1Br. The molecule has 1 atom stereocenters. The van der Waals surface area contributed by atoms with Crippen molar-refractivity contribution in [2.75, 3.05) is 6.54 Å². The Hall–Kier alpha value is -2.14. The van der Waals surface area contributed by atoms with Gasteiger partial charge in [0.1, 0.15) is 6.04 Å². The van der Waals surface area contributed by atoms with E-state index in [4.69, 9.17) is 0 Å². The highest BCUT2D eigenvalue weighted by molar-refractivity contribution is 9.10. The normalized spacial score (nSPS) is 16.4. The Morgan fingerprint density at radius 1 is 1.17 bits per heavy atom. The van der Waals surface area contributed by atoms with Crippen molar-refractivity contribution in [2.24, 2.45) is 0 Å². The van der Waals surface area contributed by atoms with Gasteiger partial charge in [0.05, 0.1) is 0 Å². The van der Waals surface area contributed by atoms with E-state index >= 15 is 0 Å². The summed E-state index contributed by atoms with van der Waals surface area (Å²) in [6.07, 6.45) is 0.782. The zero-order chi connectivity index (χ0) is 17.1. The second kappa shape index (κ2) is 7.18. The highest BCUT2D eigenvalue weighted by Gasteiger charge is 2.34. The van der Waals surface area contributed by atoms with Crippen LogP contribution in [0.15, 0.2) is 53.0 Å². The first-order valence-corrected chi connectivity index (χ1v) is 8.73. The van der Waals surface area contributed by atoms with E-state index in [2.05, 4.69) is 21.2 Å². The summed E-state index contributed by atoms with van der Waals surface area (Å²) in [6, 6.07) is 15.1. The molecule has 1 aliphatic heterocycles. The molecule has 0 aromatic heterocycles. The number of rotatable bonds is 3. The average Bonchev–Trinajstić information content (AvgIpc) is 2.59. The molecule has 4 nitrogen and oxygen atoms in total. The lowest BCUT2D eigenvalue weighted by molar-refractivity contribution is -0.139. The van der Waals surface area contributed by atoms with Crippen molar-refractivity contribution in [2.45, 2.75) is 25.9 Å². The zero-order valence-electron chi connectivity index (χ0n) is 13.5. The number of carbonyl (C=O) groups is 2. The summed E-state index contributed by atoms with van der Waals surface area (Å²) in [5.41, 5.74) is 3.06. The maximum atomic E-state index is 12.8. The van der Waals surface area contributed by atoms with Crippen molar-refractivity contribution in [3.05, 3.63) is 69.7 Å².